The molecule has 2 heterocycles. The van der Waals surface area contributed by atoms with Gasteiger partial charge in [-0.1, -0.05) is 12.1 Å². The van der Waals surface area contributed by atoms with E-state index in [4.69, 9.17) is 0 Å². The highest BCUT2D eigenvalue weighted by atomic mass is 16.1. The van der Waals surface area contributed by atoms with Crippen LogP contribution in [0.1, 0.15) is 32.9 Å². The molecule has 3 rings (SSSR count). The molecule has 0 atom stereocenters. The van der Waals surface area contributed by atoms with Crippen LogP contribution in [0, 0.1) is 20.8 Å². The summed E-state index contributed by atoms with van der Waals surface area (Å²) in [6, 6.07) is 11.5. The monoisotopic (exact) mass is 347 g/mol. The quantitative estimate of drug-likeness (QED) is 0.739. The van der Waals surface area contributed by atoms with E-state index in [9.17, 15) is 4.79 Å². The van der Waals surface area contributed by atoms with Gasteiger partial charge >= 0.3 is 0 Å². The first-order valence-corrected chi connectivity index (χ1v) is 8.38. The highest BCUT2D eigenvalue weighted by Crippen LogP contribution is 2.18. The van der Waals surface area contributed by atoms with Crippen molar-refractivity contribution in [3.8, 4) is 0 Å². The molecule has 0 spiro atoms. The first-order chi connectivity index (χ1) is 12.5. The van der Waals surface area contributed by atoms with Gasteiger partial charge in [-0.3, -0.25) is 9.78 Å². The molecular weight excluding hydrogens is 326 g/mol. The molecule has 26 heavy (non-hydrogen) atoms. The van der Waals surface area contributed by atoms with Crippen LogP contribution in [0.3, 0.4) is 0 Å². The zero-order valence-electron chi connectivity index (χ0n) is 15.1. The fourth-order valence-electron chi connectivity index (χ4n) is 2.69. The molecule has 3 aromatic rings. The normalized spacial score (nSPS) is 10.4. The number of pyridine rings is 1. The smallest absolute Gasteiger partial charge is 0.270 e. The first kappa shape index (κ1) is 17.5. The molecule has 6 nitrogen and oxygen atoms in total. The van der Waals surface area contributed by atoms with E-state index >= 15 is 0 Å². The molecule has 1 amide bonds. The van der Waals surface area contributed by atoms with Gasteiger partial charge in [0.2, 0.25) is 5.95 Å². The number of carbonyl (C=O) groups is 1. The zero-order valence-corrected chi connectivity index (χ0v) is 15.1. The number of carbonyl (C=O) groups excluding carboxylic acids is 1. The fourth-order valence-corrected chi connectivity index (χ4v) is 2.69. The molecule has 2 aromatic heterocycles. The maximum atomic E-state index is 12.4. The van der Waals surface area contributed by atoms with Crippen LogP contribution in [0.4, 0.5) is 11.6 Å². The number of amides is 1. The summed E-state index contributed by atoms with van der Waals surface area (Å²) >= 11 is 0. The van der Waals surface area contributed by atoms with Crippen molar-refractivity contribution in [2.24, 2.45) is 0 Å². The average molecular weight is 347 g/mol. The van der Waals surface area contributed by atoms with Gasteiger partial charge in [0.1, 0.15) is 5.69 Å². The standard InChI is InChI=1S/C20H21N5O/c1-13-7-14(2)9-17(8-13)24-20-23-15(3)10-18(25-20)19(26)22-12-16-5-4-6-21-11-16/h4-11H,12H2,1-3H3,(H,22,26)(H,23,24,25). The Morgan fingerprint density at radius 1 is 1.04 bits per heavy atom. The van der Waals surface area contributed by atoms with Gasteiger partial charge in [-0.25, -0.2) is 9.97 Å². The zero-order chi connectivity index (χ0) is 18.5. The summed E-state index contributed by atoms with van der Waals surface area (Å²) in [4.78, 5) is 25.2. The van der Waals surface area contributed by atoms with Gasteiger partial charge in [-0.05, 0) is 61.7 Å². The van der Waals surface area contributed by atoms with Crippen molar-refractivity contribution in [3.63, 3.8) is 0 Å². The van der Waals surface area contributed by atoms with Crippen molar-refractivity contribution in [1.29, 1.82) is 0 Å². The van der Waals surface area contributed by atoms with E-state index < -0.39 is 0 Å². The second-order valence-electron chi connectivity index (χ2n) is 6.26. The third kappa shape index (κ3) is 4.63. The van der Waals surface area contributed by atoms with E-state index in [0.29, 0.717) is 18.2 Å². The summed E-state index contributed by atoms with van der Waals surface area (Å²) in [5, 5.41) is 6.04. The number of aryl methyl sites for hydroxylation is 3. The van der Waals surface area contributed by atoms with Crippen molar-refractivity contribution in [1.82, 2.24) is 20.3 Å². The summed E-state index contributed by atoms with van der Waals surface area (Å²) in [5.41, 5.74) is 5.17. The van der Waals surface area contributed by atoms with Gasteiger partial charge in [0.05, 0.1) is 0 Å². The lowest BCUT2D eigenvalue weighted by Crippen LogP contribution is -2.24. The van der Waals surface area contributed by atoms with Crippen LogP contribution in [0.2, 0.25) is 0 Å². The molecule has 0 aliphatic heterocycles. The van der Waals surface area contributed by atoms with Gasteiger partial charge in [0, 0.05) is 30.3 Å². The Labute approximate surface area is 152 Å². The molecule has 6 heteroatoms. The maximum absolute atomic E-state index is 12.4. The van der Waals surface area contributed by atoms with E-state index in [2.05, 4.69) is 31.7 Å². The molecule has 0 aliphatic carbocycles. The second-order valence-corrected chi connectivity index (χ2v) is 6.26. The number of anilines is 2. The number of rotatable bonds is 5. The maximum Gasteiger partial charge on any atom is 0.270 e. The van der Waals surface area contributed by atoms with E-state index in [1.54, 1.807) is 18.5 Å². The number of hydrogen-bond donors (Lipinski definition) is 2. The summed E-state index contributed by atoms with van der Waals surface area (Å²) in [6.07, 6.45) is 3.42. The first-order valence-electron chi connectivity index (χ1n) is 8.38. The lowest BCUT2D eigenvalue weighted by Gasteiger charge is -2.10. The van der Waals surface area contributed by atoms with E-state index in [-0.39, 0.29) is 5.91 Å². The van der Waals surface area contributed by atoms with Crippen LogP contribution in [-0.2, 0) is 6.54 Å². The molecule has 0 bridgehead atoms. The van der Waals surface area contributed by atoms with Crippen LogP contribution in [0.15, 0.2) is 48.8 Å². The van der Waals surface area contributed by atoms with Gasteiger partial charge in [-0.15, -0.1) is 0 Å². The minimum atomic E-state index is -0.247. The highest BCUT2D eigenvalue weighted by Gasteiger charge is 2.11. The van der Waals surface area contributed by atoms with Crippen LogP contribution >= 0.6 is 0 Å². The summed E-state index contributed by atoms with van der Waals surface area (Å²) in [6.45, 7) is 6.31. The Bertz CT molecular complexity index is 904. The number of aromatic nitrogens is 3. The fraction of sp³-hybridized carbons (Fsp3) is 0.200. The van der Waals surface area contributed by atoms with Gasteiger partial charge < -0.3 is 10.6 Å². The third-order valence-electron chi connectivity index (χ3n) is 3.74. The second kappa shape index (κ2) is 7.74. The van der Waals surface area contributed by atoms with Gasteiger partial charge in [0.15, 0.2) is 0 Å². The number of hydrogen-bond acceptors (Lipinski definition) is 5. The molecule has 0 unspecified atom stereocenters. The summed E-state index contributed by atoms with van der Waals surface area (Å²) in [5.74, 6) is 0.157. The Morgan fingerprint density at radius 3 is 2.50 bits per heavy atom. The molecule has 0 fully saturated rings. The van der Waals surface area contributed by atoms with Crippen LogP contribution < -0.4 is 10.6 Å². The average Bonchev–Trinajstić information content (AvgIpc) is 2.59. The molecule has 0 radical (unpaired) electrons. The molecule has 0 saturated heterocycles. The molecule has 1 aromatic carbocycles. The lowest BCUT2D eigenvalue weighted by atomic mass is 10.1. The Morgan fingerprint density at radius 2 is 1.81 bits per heavy atom. The predicted molar refractivity (Wildman–Crippen MR) is 101 cm³/mol. The Balaban J connectivity index is 1.75. The van der Waals surface area contributed by atoms with Crippen molar-refractivity contribution in [2.75, 3.05) is 5.32 Å². The van der Waals surface area contributed by atoms with Crippen LogP contribution in [0.5, 0.6) is 0 Å². The van der Waals surface area contributed by atoms with Gasteiger partial charge in [0.25, 0.3) is 5.91 Å². The van der Waals surface area contributed by atoms with Crippen LogP contribution in [-0.4, -0.2) is 20.9 Å². The largest absolute Gasteiger partial charge is 0.347 e. The highest BCUT2D eigenvalue weighted by molar-refractivity contribution is 5.92. The van der Waals surface area contributed by atoms with E-state index in [0.717, 1.165) is 28.1 Å². The molecule has 0 saturated carbocycles. The summed E-state index contributed by atoms with van der Waals surface area (Å²) in [7, 11) is 0. The minimum absolute atomic E-state index is 0.247. The minimum Gasteiger partial charge on any atom is -0.347 e. The lowest BCUT2D eigenvalue weighted by molar-refractivity contribution is 0.0945. The number of benzene rings is 1. The van der Waals surface area contributed by atoms with Gasteiger partial charge in [-0.2, -0.15) is 0 Å². The number of nitrogens with one attached hydrogen (secondary N) is 2. The van der Waals surface area contributed by atoms with Crippen molar-refractivity contribution in [3.05, 3.63) is 76.9 Å². The van der Waals surface area contributed by atoms with Crippen LogP contribution in [0.25, 0.3) is 0 Å². The van der Waals surface area contributed by atoms with E-state index in [1.165, 1.54) is 0 Å². The third-order valence-corrected chi connectivity index (χ3v) is 3.74. The molecule has 132 valence electrons. The van der Waals surface area contributed by atoms with E-state index in [1.807, 2.05) is 45.0 Å². The molecule has 2 N–H and O–H groups in total. The SMILES string of the molecule is Cc1cc(C)cc(Nc2nc(C)cc(C(=O)NCc3cccnc3)n2)c1. The Kier molecular flexibility index (Phi) is 5.22. The molecular formula is C20H21N5O. The topological polar surface area (TPSA) is 79.8 Å². The van der Waals surface area contributed by atoms with Crippen molar-refractivity contribution in [2.45, 2.75) is 27.3 Å². The van der Waals surface area contributed by atoms with Crippen molar-refractivity contribution < 1.29 is 4.79 Å². The predicted octanol–water partition coefficient (Wildman–Crippen LogP) is 3.47. The number of nitrogens with zero attached hydrogens (tertiary/aromatic N) is 3. The Hall–Kier alpha value is -3.28. The van der Waals surface area contributed by atoms with Crippen molar-refractivity contribution >= 4 is 17.5 Å². The summed E-state index contributed by atoms with van der Waals surface area (Å²) < 4.78 is 0. The molecule has 0 aliphatic rings.